The van der Waals surface area contributed by atoms with Crippen molar-refractivity contribution in [3.05, 3.63) is 72.1 Å². The van der Waals surface area contributed by atoms with Crippen molar-refractivity contribution in [2.75, 3.05) is 6.54 Å². The van der Waals surface area contributed by atoms with Crippen LogP contribution in [0.1, 0.15) is 21.7 Å². The number of fused-ring (bicyclic) bond motifs is 1. The predicted molar refractivity (Wildman–Crippen MR) is 94.9 cm³/mol. The highest BCUT2D eigenvalue weighted by atomic mass is 16.5. The highest BCUT2D eigenvalue weighted by molar-refractivity contribution is 5.92. The van der Waals surface area contributed by atoms with Crippen LogP contribution < -0.4 is 10.1 Å². The largest absolute Gasteiger partial charge is 0.488 e. The molecule has 3 aromatic rings. The van der Waals surface area contributed by atoms with Gasteiger partial charge < -0.3 is 10.1 Å². The third-order valence-electron chi connectivity index (χ3n) is 4.28. The minimum atomic E-state index is -0.151. The van der Waals surface area contributed by atoms with Gasteiger partial charge in [-0.05, 0) is 36.2 Å². The summed E-state index contributed by atoms with van der Waals surface area (Å²) in [6.07, 6.45) is 8.46. The van der Waals surface area contributed by atoms with Gasteiger partial charge in [0.25, 0.3) is 5.91 Å². The van der Waals surface area contributed by atoms with E-state index in [1.807, 2.05) is 35.0 Å². The van der Waals surface area contributed by atoms with Gasteiger partial charge in [-0.25, -0.2) is 0 Å². The van der Waals surface area contributed by atoms with Crippen molar-refractivity contribution in [3.8, 4) is 5.75 Å². The Hall–Kier alpha value is -3.22. The normalized spacial score (nSPS) is 15.5. The molecule has 0 radical (unpaired) electrons. The number of nitrogens with zero attached hydrogens (tertiary/aromatic N) is 4. The van der Waals surface area contributed by atoms with Gasteiger partial charge >= 0.3 is 0 Å². The molecule has 7 heteroatoms. The van der Waals surface area contributed by atoms with Crippen LogP contribution in [0.5, 0.6) is 5.75 Å². The number of pyridine rings is 2. The molecule has 0 unspecified atom stereocenters. The van der Waals surface area contributed by atoms with E-state index in [1.54, 1.807) is 24.8 Å². The summed E-state index contributed by atoms with van der Waals surface area (Å²) in [5.41, 5.74) is 2.56. The molecule has 0 spiro atoms. The van der Waals surface area contributed by atoms with E-state index in [2.05, 4.69) is 20.4 Å². The average molecular weight is 349 g/mol. The van der Waals surface area contributed by atoms with Crippen molar-refractivity contribution in [2.45, 2.75) is 25.5 Å². The van der Waals surface area contributed by atoms with Crippen LogP contribution in [0.3, 0.4) is 0 Å². The first-order valence-corrected chi connectivity index (χ1v) is 8.58. The maximum Gasteiger partial charge on any atom is 0.271 e. The lowest BCUT2D eigenvalue weighted by molar-refractivity contribution is 0.0947. The van der Waals surface area contributed by atoms with Crippen molar-refractivity contribution in [1.29, 1.82) is 0 Å². The topological polar surface area (TPSA) is 81.9 Å². The van der Waals surface area contributed by atoms with E-state index in [9.17, 15) is 4.79 Å². The van der Waals surface area contributed by atoms with Crippen molar-refractivity contribution in [3.63, 3.8) is 0 Å². The molecule has 0 saturated heterocycles. The minimum absolute atomic E-state index is 0.0302. The molecule has 1 N–H and O–H groups in total. The van der Waals surface area contributed by atoms with E-state index in [1.165, 1.54) is 0 Å². The Morgan fingerprint density at radius 1 is 1.23 bits per heavy atom. The first-order valence-electron chi connectivity index (χ1n) is 8.58. The molecule has 0 fully saturated rings. The fraction of sp³-hybridized carbons (Fsp3) is 0.263. The molecule has 0 saturated carbocycles. The second-order valence-corrected chi connectivity index (χ2v) is 6.20. The molecule has 3 aromatic heterocycles. The monoisotopic (exact) mass is 349 g/mol. The van der Waals surface area contributed by atoms with Crippen LogP contribution >= 0.6 is 0 Å². The van der Waals surface area contributed by atoms with Crippen LogP contribution in [0.25, 0.3) is 0 Å². The zero-order valence-corrected chi connectivity index (χ0v) is 14.2. The van der Waals surface area contributed by atoms with Crippen LogP contribution in [0, 0.1) is 0 Å². The second kappa shape index (κ2) is 7.35. The number of hydrogen-bond donors (Lipinski definition) is 1. The number of rotatable bonds is 6. The molecule has 4 rings (SSSR count). The number of nitrogens with one attached hydrogen (secondary N) is 1. The lowest BCUT2D eigenvalue weighted by atomic mass is 10.2. The van der Waals surface area contributed by atoms with E-state index in [4.69, 9.17) is 4.74 Å². The zero-order chi connectivity index (χ0) is 17.8. The predicted octanol–water partition coefficient (Wildman–Crippen LogP) is 1.65. The summed E-state index contributed by atoms with van der Waals surface area (Å²) < 4.78 is 7.77. The van der Waals surface area contributed by atoms with Gasteiger partial charge in [0.05, 0.1) is 6.54 Å². The number of carbonyl (C=O) groups excluding carboxylic acids is 1. The van der Waals surface area contributed by atoms with Crippen LogP contribution in [0.4, 0.5) is 0 Å². The molecule has 4 heterocycles. The SMILES string of the molecule is O=C(NCCc1cccnc1)c1cc2n(n1)C[C@@H](Oc1ccncc1)C2. The van der Waals surface area contributed by atoms with Crippen LogP contribution in [0.2, 0.25) is 0 Å². The van der Waals surface area contributed by atoms with Gasteiger partial charge in [0, 0.05) is 43.4 Å². The van der Waals surface area contributed by atoms with Gasteiger partial charge in [0.1, 0.15) is 17.5 Å². The second-order valence-electron chi connectivity index (χ2n) is 6.20. The molecule has 132 valence electrons. The quantitative estimate of drug-likeness (QED) is 0.732. The molecule has 0 aliphatic carbocycles. The van der Waals surface area contributed by atoms with Crippen LogP contribution in [-0.4, -0.2) is 38.3 Å². The summed E-state index contributed by atoms with van der Waals surface area (Å²) in [4.78, 5) is 20.3. The van der Waals surface area contributed by atoms with E-state index in [0.717, 1.165) is 29.8 Å². The smallest absolute Gasteiger partial charge is 0.271 e. The van der Waals surface area contributed by atoms with Crippen molar-refractivity contribution < 1.29 is 9.53 Å². The number of ether oxygens (including phenoxy) is 1. The lowest BCUT2D eigenvalue weighted by Gasteiger charge is -2.12. The average Bonchev–Trinajstić information content (AvgIpc) is 3.22. The van der Waals surface area contributed by atoms with Gasteiger partial charge in [-0.1, -0.05) is 6.07 Å². The number of hydrogen-bond acceptors (Lipinski definition) is 5. The Labute approximate surface area is 151 Å². The summed E-state index contributed by atoms with van der Waals surface area (Å²) in [5.74, 6) is 0.645. The maximum atomic E-state index is 12.3. The standard InChI is InChI=1S/C19H19N5O2/c25-19(22-9-3-14-2-1-6-21-12-14)18-11-15-10-17(13-24(15)23-18)26-16-4-7-20-8-5-16/h1-2,4-8,11-12,17H,3,9-10,13H2,(H,22,25)/t17-/m0/s1. The summed E-state index contributed by atoms with van der Waals surface area (Å²) in [6, 6.07) is 9.40. The van der Waals surface area contributed by atoms with Crippen molar-refractivity contribution in [2.24, 2.45) is 0 Å². The van der Waals surface area contributed by atoms with Gasteiger partial charge in [0.2, 0.25) is 0 Å². The van der Waals surface area contributed by atoms with Gasteiger partial charge in [-0.2, -0.15) is 5.10 Å². The molecule has 0 aromatic carbocycles. The molecule has 1 aliphatic heterocycles. The van der Waals surface area contributed by atoms with Gasteiger partial charge in [0.15, 0.2) is 0 Å². The van der Waals surface area contributed by atoms with E-state index in [-0.39, 0.29) is 12.0 Å². The first kappa shape index (κ1) is 16.3. The molecule has 0 bridgehead atoms. The molecule has 1 atom stereocenters. The summed E-state index contributed by atoms with van der Waals surface area (Å²) in [6.45, 7) is 1.20. The van der Waals surface area contributed by atoms with E-state index in [0.29, 0.717) is 18.8 Å². The molecule has 7 nitrogen and oxygen atoms in total. The molecular formula is C19H19N5O2. The first-order chi connectivity index (χ1) is 12.8. The Morgan fingerprint density at radius 3 is 2.88 bits per heavy atom. The third-order valence-corrected chi connectivity index (χ3v) is 4.28. The fourth-order valence-electron chi connectivity index (χ4n) is 3.02. The Balaban J connectivity index is 1.29. The highest BCUT2D eigenvalue weighted by Gasteiger charge is 2.26. The number of amides is 1. The van der Waals surface area contributed by atoms with Crippen LogP contribution in [-0.2, 0) is 19.4 Å². The van der Waals surface area contributed by atoms with E-state index >= 15 is 0 Å². The Bertz CT molecular complexity index is 856. The van der Waals surface area contributed by atoms with E-state index < -0.39 is 0 Å². The van der Waals surface area contributed by atoms with Gasteiger partial charge in [-0.15, -0.1) is 0 Å². The summed E-state index contributed by atoms with van der Waals surface area (Å²) >= 11 is 0. The zero-order valence-electron chi connectivity index (χ0n) is 14.2. The highest BCUT2D eigenvalue weighted by Crippen LogP contribution is 2.21. The molecule has 1 amide bonds. The maximum absolute atomic E-state index is 12.3. The Morgan fingerprint density at radius 2 is 2.12 bits per heavy atom. The third kappa shape index (κ3) is 3.72. The summed E-state index contributed by atoms with van der Waals surface area (Å²) in [5, 5.41) is 7.31. The van der Waals surface area contributed by atoms with Gasteiger partial charge in [-0.3, -0.25) is 19.4 Å². The van der Waals surface area contributed by atoms with Crippen molar-refractivity contribution in [1.82, 2.24) is 25.1 Å². The number of carbonyl (C=O) groups is 1. The van der Waals surface area contributed by atoms with Crippen molar-refractivity contribution >= 4 is 5.91 Å². The fourth-order valence-corrected chi connectivity index (χ4v) is 3.02. The van der Waals surface area contributed by atoms with Crippen LogP contribution in [0.15, 0.2) is 55.1 Å². The molecule has 26 heavy (non-hydrogen) atoms. The minimum Gasteiger partial charge on any atom is -0.488 e. The molecular weight excluding hydrogens is 330 g/mol. The lowest BCUT2D eigenvalue weighted by Crippen LogP contribution is -2.26. The summed E-state index contributed by atoms with van der Waals surface area (Å²) in [7, 11) is 0. The molecule has 1 aliphatic rings. The Kier molecular flexibility index (Phi) is 4.59. The number of aromatic nitrogens is 4.